The molecule has 0 radical (unpaired) electrons. The lowest BCUT2D eigenvalue weighted by molar-refractivity contribution is -0.154. The zero-order chi connectivity index (χ0) is 22.0. The second-order valence-electron chi connectivity index (χ2n) is 8.29. The van der Waals surface area contributed by atoms with E-state index >= 15 is 0 Å². The van der Waals surface area contributed by atoms with Gasteiger partial charge in [0.05, 0.1) is 5.56 Å². The molecule has 3 heterocycles. The van der Waals surface area contributed by atoms with Crippen LogP contribution in [-0.2, 0) is 17.8 Å². The zero-order valence-electron chi connectivity index (χ0n) is 17.3. The molecule has 2 aliphatic rings. The van der Waals surface area contributed by atoms with E-state index in [1.165, 1.54) is 11.8 Å². The quantitative estimate of drug-likeness (QED) is 0.610. The third-order valence-electron chi connectivity index (χ3n) is 6.23. The lowest BCUT2D eigenvalue weighted by Gasteiger charge is -2.38. The van der Waals surface area contributed by atoms with Crippen molar-refractivity contribution in [1.29, 1.82) is 0 Å². The molecule has 0 saturated carbocycles. The fourth-order valence-corrected chi connectivity index (χ4v) is 4.14. The Balaban J connectivity index is 1.40. The second kappa shape index (κ2) is 8.52. The van der Waals surface area contributed by atoms with Crippen LogP contribution in [0.2, 0.25) is 0 Å². The number of nitrogen functional groups attached to an aromatic ring is 1. The molecule has 0 unspecified atom stereocenters. The van der Waals surface area contributed by atoms with Crippen molar-refractivity contribution < 1.29 is 19.4 Å². The molecular weight excluding hydrogens is 398 g/mol. The van der Waals surface area contributed by atoms with Crippen LogP contribution in [0.1, 0.15) is 34.3 Å². The predicted molar refractivity (Wildman–Crippen MR) is 114 cm³/mol. The van der Waals surface area contributed by atoms with Gasteiger partial charge in [-0.05, 0) is 54.7 Å². The summed E-state index contributed by atoms with van der Waals surface area (Å²) in [6.07, 6.45) is 2.97. The minimum atomic E-state index is -1.04. The molecule has 0 bridgehead atoms. The Kier molecular flexibility index (Phi) is 5.79. The largest absolute Gasteiger partial charge is 0.492 e. The number of fused-ring (bicyclic) bond motifs is 1. The molecule has 1 aromatic heterocycles. The number of nitrogens with zero attached hydrogens (tertiary/aromatic N) is 3. The second-order valence-corrected chi connectivity index (χ2v) is 8.29. The maximum absolute atomic E-state index is 12.7. The first-order chi connectivity index (χ1) is 14.9. The van der Waals surface area contributed by atoms with E-state index in [1.54, 1.807) is 22.0 Å². The minimum absolute atomic E-state index is 0.0545. The van der Waals surface area contributed by atoms with Crippen LogP contribution in [-0.4, -0.2) is 58.1 Å². The number of piperidine rings is 1. The SMILES string of the molecule is Nc1ccc(C(=O)N2CCC(COc3ccc4c(c3)CN(N)CC4)(C(=O)O)CC2)cn1. The number of carboxylic acids is 1. The fourth-order valence-electron chi connectivity index (χ4n) is 4.14. The van der Waals surface area contributed by atoms with Crippen molar-refractivity contribution in [2.45, 2.75) is 25.8 Å². The van der Waals surface area contributed by atoms with Crippen molar-refractivity contribution in [3.05, 3.63) is 53.2 Å². The Hall–Kier alpha value is -3.17. The Morgan fingerprint density at radius 3 is 2.58 bits per heavy atom. The predicted octanol–water partition coefficient (Wildman–Crippen LogP) is 1.28. The summed E-state index contributed by atoms with van der Waals surface area (Å²) in [5.74, 6) is 5.82. The monoisotopic (exact) mass is 425 g/mol. The number of hydrogen-bond donors (Lipinski definition) is 3. The molecule has 0 aliphatic carbocycles. The molecule has 4 rings (SSSR count). The van der Waals surface area contributed by atoms with Crippen molar-refractivity contribution in [2.24, 2.45) is 11.3 Å². The number of carboxylic acid groups (broad SMARTS) is 1. The van der Waals surface area contributed by atoms with Gasteiger partial charge in [0, 0.05) is 32.4 Å². The molecular formula is C22H27N5O4. The van der Waals surface area contributed by atoms with Crippen LogP contribution >= 0.6 is 0 Å². The van der Waals surface area contributed by atoms with Gasteiger partial charge in [-0.2, -0.15) is 0 Å². The summed E-state index contributed by atoms with van der Waals surface area (Å²) in [6, 6.07) is 9.05. The van der Waals surface area contributed by atoms with E-state index in [-0.39, 0.29) is 12.5 Å². The summed E-state index contributed by atoms with van der Waals surface area (Å²) in [4.78, 5) is 30.4. The Bertz CT molecular complexity index is 970. The zero-order valence-corrected chi connectivity index (χ0v) is 17.3. The highest BCUT2D eigenvalue weighted by Gasteiger charge is 2.43. The average molecular weight is 425 g/mol. The number of carbonyl (C=O) groups is 2. The molecule has 31 heavy (non-hydrogen) atoms. The van der Waals surface area contributed by atoms with Gasteiger partial charge >= 0.3 is 5.97 Å². The summed E-state index contributed by atoms with van der Waals surface area (Å²) in [5.41, 5.74) is 7.33. The van der Waals surface area contributed by atoms with Gasteiger partial charge < -0.3 is 20.5 Å². The number of rotatable bonds is 5. The van der Waals surface area contributed by atoms with E-state index in [4.69, 9.17) is 16.3 Å². The van der Waals surface area contributed by atoms with Gasteiger partial charge in [-0.25, -0.2) is 9.99 Å². The average Bonchev–Trinajstić information content (AvgIpc) is 2.77. The number of hydrogen-bond acceptors (Lipinski definition) is 7. The highest BCUT2D eigenvalue weighted by molar-refractivity contribution is 5.94. The van der Waals surface area contributed by atoms with Crippen molar-refractivity contribution in [3.8, 4) is 5.75 Å². The van der Waals surface area contributed by atoms with Crippen LogP contribution in [0.3, 0.4) is 0 Å². The topological polar surface area (TPSA) is 135 Å². The number of aliphatic carboxylic acids is 1. The standard InChI is InChI=1S/C22H27N5O4/c23-19-4-2-16(12-25-19)20(28)26-9-6-22(7-10-26,21(29)30)14-31-18-3-1-15-5-8-27(24)13-17(15)11-18/h1-4,11-12H,5-10,13-14,24H2,(H2,23,25)(H,29,30). The lowest BCUT2D eigenvalue weighted by Crippen LogP contribution is -2.49. The first kappa shape index (κ1) is 21.1. The maximum Gasteiger partial charge on any atom is 0.313 e. The van der Waals surface area contributed by atoms with Crippen LogP contribution in [0.15, 0.2) is 36.5 Å². The molecule has 1 aromatic carbocycles. The van der Waals surface area contributed by atoms with Gasteiger partial charge in [0.1, 0.15) is 23.6 Å². The number of nitrogens with two attached hydrogens (primary N) is 2. The van der Waals surface area contributed by atoms with E-state index in [9.17, 15) is 14.7 Å². The van der Waals surface area contributed by atoms with E-state index in [0.717, 1.165) is 18.5 Å². The van der Waals surface area contributed by atoms with Crippen molar-refractivity contribution >= 4 is 17.7 Å². The van der Waals surface area contributed by atoms with Gasteiger partial charge in [-0.1, -0.05) is 6.07 Å². The van der Waals surface area contributed by atoms with Gasteiger partial charge in [0.2, 0.25) is 0 Å². The molecule has 1 amide bonds. The third-order valence-corrected chi connectivity index (χ3v) is 6.23. The highest BCUT2D eigenvalue weighted by atomic mass is 16.5. The number of amides is 1. The lowest BCUT2D eigenvalue weighted by atomic mass is 9.79. The number of hydrazine groups is 1. The number of ether oxygens (including phenoxy) is 1. The van der Waals surface area contributed by atoms with E-state index < -0.39 is 11.4 Å². The smallest absolute Gasteiger partial charge is 0.313 e. The molecule has 164 valence electrons. The van der Waals surface area contributed by atoms with Gasteiger partial charge in [-0.3, -0.25) is 15.4 Å². The summed E-state index contributed by atoms with van der Waals surface area (Å²) >= 11 is 0. The molecule has 2 aliphatic heterocycles. The van der Waals surface area contributed by atoms with Crippen molar-refractivity contribution in [1.82, 2.24) is 14.9 Å². The van der Waals surface area contributed by atoms with Crippen LogP contribution in [0.25, 0.3) is 0 Å². The van der Waals surface area contributed by atoms with Crippen LogP contribution in [0.5, 0.6) is 5.75 Å². The van der Waals surface area contributed by atoms with Gasteiger partial charge in [-0.15, -0.1) is 0 Å². The van der Waals surface area contributed by atoms with Crippen molar-refractivity contribution in [3.63, 3.8) is 0 Å². The molecule has 1 saturated heterocycles. The minimum Gasteiger partial charge on any atom is -0.492 e. The van der Waals surface area contributed by atoms with Crippen LogP contribution in [0.4, 0.5) is 5.82 Å². The summed E-state index contributed by atoms with van der Waals surface area (Å²) in [5, 5.41) is 11.7. The molecule has 9 nitrogen and oxygen atoms in total. The van der Waals surface area contributed by atoms with E-state index in [1.807, 2.05) is 18.2 Å². The normalized spacial score (nSPS) is 18.3. The molecule has 2 aromatic rings. The van der Waals surface area contributed by atoms with Crippen molar-refractivity contribution in [2.75, 3.05) is 32.0 Å². The first-order valence-corrected chi connectivity index (χ1v) is 10.3. The number of aromatic nitrogens is 1. The van der Waals surface area contributed by atoms with Gasteiger partial charge in [0.25, 0.3) is 5.91 Å². The first-order valence-electron chi connectivity index (χ1n) is 10.3. The number of anilines is 1. The molecule has 0 atom stereocenters. The highest BCUT2D eigenvalue weighted by Crippen LogP contribution is 2.34. The Morgan fingerprint density at radius 2 is 1.90 bits per heavy atom. The fraction of sp³-hybridized carbons (Fsp3) is 0.409. The maximum atomic E-state index is 12.7. The summed E-state index contributed by atoms with van der Waals surface area (Å²) in [7, 11) is 0. The van der Waals surface area contributed by atoms with E-state index in [2.05, 4.69) is 4.98 Å². The Morgan fingerprint density at radius 1 is 1.13 bits per heavy atom. The third kappa shape index (κ3) is 4.47. The summed E-state index contributed by atoms with van der Waals surface area (Å²) < 4.78 is 5.94. The molecule has 9 heteroatoms. The molecule has 5 N–H and O–H groups in total. The number of likely N-dealkylation sites (tertiary alicyclic amines) is 1. The number of pyridine rings is 1. The summed E-state index contributed by atoms with van der Waals surface area (Å²) in [6.45, 7) is 2.19. The van der Waals surface area contributed by atoms with Crippen LogP contribution in [0, 0.1) is 5.41 Å². The molecule has 0 spiro atoms. The van der Waals surface area contributed by atoms with Crippen LogP contribution < -0.4 is 16.3 Å². The Labute approximate surface area is 180 Å². The number of benzene rings is 1. The van der Waals surface area contributed by atoms with Gasteiger partial charge in [0.15, 0.2) is 0 Å². The number of carbonyl (C=O) groups excluding carboxylic acids is 1. The van der Waals surface area contributed by atoms with E-state index in [0.29, 0.717) is 49.6 Å². The molecule has 1 fully saturated rings.